The number of unbranched alkanes of at least 4 members (excludes halogenated alkanes) is 1. The summed E-state index contributed by atoms with van der Waals surface area (Å²) in [5, 5.41) is 1.89. The van der Waals surface area contributed by atoms with Gasteiger partial charge < -0.3 is 4.90 Å². The highest BCUT2D eigenvalue weighted by atomic mass is 15.4. The Kier molecular flexibility index (Phi) is 4.29. The molecule has 0 unspecified atom stereocenters. The lowest BCUT2D eigenvalue weighted by atomic mass is 10.2. The summed E-state index contributed by atoms with van der Waals surface area (Å²) in [6.45, 7) is 9.16. The Morgan fingerprint density at radius 1 is 1.25 bits per heavy atom. The molecule has 0 aromatic heterocycles. The molecule has 0 aliphatic carbocycles. The molecule has 0 spiro atoms. The van der Waals surface area contributed by atoms with E-state index in [9.17, 15) is 0 Å². The van der Waals surface area contributed by atoms with Crippen LogP contribution >= 0.6 is 0 Å². The number of nitrogens with two attached hydrogens (primary N) is 1. The zero-order valence-electron chi connectivity index (χ0n) is 7.71. The Hall–Kier alpha value is -0.380. The van der Waals surface area contributed by atoms with Crippen LogP contribution in [0.25, 0.3) is 0 Å². The fourth-order valence-electron chi connectivity index (χ4n) is 1.45. The second-order valence-electron chi connectivity index (χ2n) is 3.31. The van der Waals surface area contributed by atoms with Crippen molar-refractivity contribution >= 4 is 0 Å². The molecule has 70 valence electrons. The Labute approximate surface area is 74.8 Å². The zero-order chi connectivity index (χ0) is 8.81. The van der Waals surface area contributed by atoms with E-state index >= 15 is 0 Å². The summed E-state index contributed by atoms with van der Waals surface area (Å²) in [5.41, 5.74) is 0. The minimum atomic E-state index is 1.01. The first kappa shape index (κ1) is 9.71. The molecule has 1 fully saturated rings. The van der Waals surface area contributed by atoms with Crippen LogP contribution in [-0.2, 0) is 0 Å². The van der Waals surface area contributed by atoms with Crippen LogP contribution < -0.4 is 5.84 Å². The van der Waals surface area contributed by atoms with Crippen LogP contribution in [0.2, 0.25) is 0 Å². The van der Waals surface area contributed by atoms with Gasteiger partial charge in [-0.05, 0) is 19.4 Å². The fourth-order valence-corrected chi connectivity index (χ4v) is 1.45. The summed E-state index contributed by atoms with van der Waals surface area (Å²) in [7, 11) is 0. The molecular formula is C9H19N3. The normalized spacial score (nSPS) is 21.1. The van der Waals surface area contributed by atoms with Crippen molar-refractivity contribution in [1.82, 2.24) is 9.91 Å². The molecule has 2 N–H and O–H groups in total. The van der Waals surface area contributed by atoms with Crippen molar-refractivity contribution in [2.45, 2.75) is 12.8 Å². The van der Waals surface area contributed by atoms with Crippen molar-refractivity contribution in [1.29, 1.82) is 0 Å². The fraction of sp³-hybridized carbons (Fsp3) is 0.778. The highest BCUT2D eigenvalue weighted by molar-refractivity contribution is 4.71. The number of hydrogen-bond donors (Lipinski definition) is 1. The van der Waals surface area contributed by atoms with Gasteiger partial charge in [0.05, 0.1) is 0 Å². The number of piperazine rings is 1. The third-order valence-electron chi connectivity index (χ3n) is 2.29. The molecule has 3 heteroatoms. The minimum Gasteiger partial charge on any atom is -0.301 e. The molecular weight excluding hydrogens is 150 g/mol. The molecule has 0 radical (unpaired) electrons. The predicted octanol–water partition coefficient (Wildman–Crippen LogP) is 0.444. The number of allylic oxidation sites excluding steroid dienone is 1. The lowest BCUT2D eigenvalue weighted by Gasteiger charge is -2.31. The molecule has 0 amide bonds. The molecule has 0 bridgehead atoms. The Morgan fingerprint density at radius 2 is 1.92 bits per heavy atom. The SMILES string of the molecule is C=CCCCN1CCN(N)CC1. The standard InChI is InChI=1S/C9H19N3/c1-2-3-4-5-11-6-8-12(10)9-7-11/h2H,1,3-10H2. The minimum absolute atomic E-state index is 1.01. The predicted molar refractivity (Wildman–Crippen MR) is 51.6 cm³/mol. The second kappa shape index (κ2) is 5.30. The molecule has 12 heavy (non-hydrogen) atoms. The first-order chi connectivity index (χ1) is 5.83. The van der Waals surface area contributed by atoms with Crippen LogP contribution in [0.1, 0.15) is 12.8 Å². The van der Waals surface area contributed by atoms with E-state index in [2.05, 4.69) is 11.5 Å². The maximum absolute atomic E-state index is 5.64. The van der Waals surface area contributed by atoms with E-state index in [1.54, 1.807) is 0 Å². The summed E-state index contributed by atoms with van der Waals surface area (Å²) in [6, 6.07) is 0. The topological polar surface area (TPSA) is 32.5 Å². The van der Waals surface area contributed by atoms with Gasteiger partial charge in [0.1, 0.15) is 0 Å². The van der Waals surface area contributed by atoms with Crippen LogP contribution in [0, 0.1) is 0 Å². The first-order valence-electron chi connectivity index (χ1n) is 4.66. The first-order valence-corrected chi connectivity index (χ1v) is 4.66. The summed E-state index contributed by atoms with van der Waals surface area (Å²) < 4.78 is 0. The highest BCUT2D eigenvalue weighted by Crippen LogP contribution is 2.00. The van der Waals surface area contributed by atoms with Crippen molar-refractivity contribution in [2.24, 2.45) is 5.84 Å². The van der Waals surface area contributed by atoms with Crippen LogP contribution in [0.3, 0.4) is 0 Å². The van der Waals surface area contributed by atoms with Crippen LogP contribution in [0.5, 0.6) is 0 Å². The molecule has 3 nitrogen and oxygen atoms in total. The monoisotopic (exact) mass is 169 g/mol. The van der Waals surface area contributed by atoms with E-state index < -0.39 is 0 Å². The quantitative estimate of drug-likeness (QED) is 0.376. The average Bonchev–Trinajstić information content (AvgIpc) is 2.09. The van der Waals surface area contributed by atoms with Crippen LogP contribution in [-0.4, -0.2) is 42.6 Å². The Morgan fingerprint density at radius 3 is 2.50 bits per heavy atom. The lowest BCUT2D eigenvalue weighted by molar-refractivity contribution is 0.133. The van der Waals surface area contributed by atoms with Gasteiger partial charge in [0, 0.05) is 26.2 Å². The summed E-state index contributed by atoms with van der Waals surface area (Å²) >= 11 is 0. The highest BCUT2D eigenvalue weighted by Gasteiger charge is 2.12. The lowest BCUT2D eigenvalue weighted by Crippen LogP contribution is -2.49. The van der Waals surface area contributed by atoms with Crippen LogP contribution in [0.4, 0.5) is 0 Å². The summed E-state index contributed by atoms with van der Waals surface area (Å²) in [4.78, 5) is 2.47. The van der Waals surface area contributed by atoms with E-state index in [1.165, 1.54) is 13.0 Å². The molecule has 0 aromatic carbocycles. The average molecular weight is 169 g/mol. The largest absolute Gasteiger partial charge is 0.301 e. The number of rotatable bonds is 4. The maximum Gasteiger partial charge on any atom is 0.0257 e. The van der Waals surface area contributed by atoms with Gasteiger partial charge in [0.2, 0.25) is 0 Å². The van der Waals surface area contributed by atoms with E-state index in [4.69, 9.17) is 5.84 Å². The number of hydrazine groups is 1. The molecule has 1 aliphatic rings. The van der Waals surface area contributed by atoms with Crippen LogP contribution in [0.15, 0.2) is 12.7 Å². The van der Waals surface area contributed by atoms with E-state index in [-0.39, 0.29) is 0 Å². The summed E-state index contributed by atoms with van der Waals surface area (Å²) in [5.74, 6) is 5.64. The van der Waals surface area contributed by atoms with Gasteiger partial charge in [-0.2, -0.15) is 0 Å². The third-order valence-corrected chi connectivity index (χ3v) is 2.29. The van der Waals surface area contributed by atoms with Gasteiger partial charge >= 0.3 is 0 Å². The van der Waals surface area contributed by atoms with Crippen molar-refractivity contribution in [2.75, 3.05) is 32.7 Å². The van der Waals surface area contributed by atoms with E-state index in [0.717, 1.165) is 32.6 Å². The van der Waals surface area contributed by atoms with E-state index in [0.29, 0.717) is 0 Å². The third kappa shape index (κ3) is 3.34. The van der Waals surface area contributed by atoms with Gasteiger partial charge in [-0.1, -0.05) is 6.08 Å². The molecule has 1 saturated heterocycles. The molecule has 0 saturated carbocycles. The number of hydrogen-bond acceptors (Lipinski definition) is 3. The molecule has 0 aromatic rings. The molecule has 0 atom stereocenters. The molecule has 1 heterocycles. The zero-order valence-corrected chi connectivity index (χ0v) is 7.71. The van der Waals surface area contributed by atoms with Crippen molar-refractivity contribution in [3.8, 4) is 0 Å². The maximum atomic E-state index is 5.64. The molecule has 1 rings (SSSR count). The Balaban J connectivity index is 2.05. The van der Waals surface area contributed by atoms with Gasteiger partial charge in [-0.15, -0.1) is 6.58 Å². The molecule has 1 aliphatic heterocycles. The van der Waals surface area contributed by atoms with Crippen molar-refractivity contribution in [3.63, 3.8) is 0 Å². The van der Waals surface area contributed by atoms with Crippen molar-refractivity contribution < 1.29 is 0 Å². The number of nitrogens with zero attached hydrogens (tertiary/aromatic N) is 2. The van der Waals surface area contributed by atoms with Gasteiger partial charge in [-0.25, -0.2) is 5.01 Å². The smallest absolute Gasteiger partial charge is 0.0257 e. The Bertz CT molecular complexity index is 128. The second-order valence-corrected chi connectivity index (χ2v) is 3.31. The van der Waals surface area contributed by atoms with E-state index in [1.807, 2.05) is 11.1 Å². The van der Waals surface area contributed by atoms with Gasteiger partial charge in [0.25, 0.3) is 0 Å². The van der Waals surface area contributed by atoms with Gasteiger partial charge in [-0.3, -0.25) is 5.84 Å². The van der Waals surface area contributed by atoms with Crippen molar-refractivity contribution in [3.05, 3.63) is 12.7 Å². The summed E-state index contributed by atoms with van der Waals surface area (Å²) in [6.07, 6.45) is 4.34. The van der Waals surface area contributed by atoms with Gasteiger partial charge in [0.15, 0.2) is 0 Å².